The molecule has 19 heavy (non-hydrogen) atoms. The van der Waals surface area contributed by atoms with Crippen LogP contribution < -0.4 is 15.8 Å². The van der Waals surface area contributed by atoms with Gasteiger partial charge in [0, 0.05) is 13.1 Å². The molecular formula is C12H19N3O3S. The van der Waals surface area contributed by atoms with Crippen LogP contribution in [0.1, 0.15) is 13.3 Å². The molecule has 1 fully saturated rings. The first-order valence-electron chi connectivity index (χ1n) is 6.14. The molecule has 5 N–H and O–H groups in total. The summed E-state index contributed by atoms with van der Waals surface area (Å²) in [6.07, 6.45) is 0.475. The van der Waals surface area contributed by atoms with Gasteiger partial charge in [0.2, 0.25) is 10.0 Å². The topological polar surface area (TPSA) is 110 Å². The van der Waals surface area contributed by atoms with Crippen molar-refractivity contribution in [3.05, 3.63) is 18.2 Å². The third kappa shape index (κ3) is 2.99. The molecule has 106 valence electrons. The summed E-state index contributed by atoms with van der Waals surface area (Å²) in [5.41, 5.74) is 6.98. The average Bonchev–Trinajstić information content (AvgIpc) is 2.31. The zero-order valence-corrected chi connectivity index (χ0v) is 11.6. The molecule has 0 spiro atoms. The van der Waals surface area contributed by atoms with E-state index < -0.39 is 16.1 Å². The lowest BCUT2D eigenvalue weighted by molar-refractivity contribution is 0.103. The monoisotopic (exact) mass is 285 g/mol. The second-order valence-electron chi connectivity index (χ2n) is 5.04. The number of nitrogen functional groups attached to an aromatic ring is 1. The van der Waals surface area contributed by atoms with E-state index in [4.69, 9.17) is 10.9 Å². The summed E-state index contributed by atoms with van der Waals surface area (Å²) >= 11 is 0. The van der Waals surface area contributed by atoms with E-state index in [1.165, 1.54) is 12.1 Å². The van der Waals surface area contributed by atoms with Crippen LogP contribution in [0.4, 0.5) is 11.4 Å². The smallest absolute Gasteiger partial charge is 0.238 e. The largest absolute Gasteiger partial charge is 0.397 e. The van der Waals surface area contributed by atoms with Crippen molar-refractivity contribution in [2.24, 2.45) is 11.1 Å². The van der Waals surface area contributed by atoms with Crippen molar-refractivity contribution in [2.45, 2.75) is 24.3 Å². The van der Waals surface area contributed by atoms with Crippen molar-refractivity contribution in [2.75, 3.05) is 23.7 Å². The van der Waals surface area contributed by atoms with Gasteiger partial charge in [-0.05, 0) is 30.5 Å². The van der Waals surface area contributed by atoms with Gasteiger partial charge in [-0.3, -0.25) is 0 Å². The summed E-state index contributed by atoms with van der Waals surface area (Å²) in [5.74, 6) is 0.265. The maximum atomic E-state index is 11.2. The number of piperidine rings is 1. The Bertz CT molecular complexity index is 574. The van der Waals surface area contributed by atoms with Crippen LogP contribution in [0.25, 0.3) is 0 Å². The first-order valence-corrected chi connectivity index (χ1v) is 7.69. The molecule has 0 radical (unpaired) electrons. The molecule has 1 saturated heterocycles. The highest BCUT2D eigenvalue weighted by atomic mass is 32.2. The van der Waals surface area contributed by atoms with Crippen molar-refractivity contribution >= 4 is 21.4 Å². The average molecular weight is 285 g/mol. The van der Waals surface area contributed by atoms with E-state index >= 15 is 0 Å². The van der Waals surface area contributed by atoms with Gasteiger partial charge in [-0.15, -0.1) is 0 Å². The van der Waals surface area contributed by atoms with Crippen LogP contribution in [0, 0.1) is 5.92 Å². The van der Waals surface area contributed by atoms with E-state index in [1.54, 1.807) is 6.07 Å². The number of primary sulfonamides is 1. The van der Waals surface area contributed by atoms with Crippen LogP contribution in [-0.2, 0) is 10.0 Å². The van der Waals surface area contributed by atoms with E-state index in [-0.39, 0.29) is 10.8 Å². The molecule has 0 aliphatic carbocycles. The van der Waals surface area contributed by atoms with E-state index in [2.05, 4.69) is 0 Å². The maximum absolute atomic E-state index is 11.2. The zero-order chi connectivity index (χ0) is 14.2. The van der Waals surface area contributed by atoms with Crippen molar-refractivity contribution in [3.8, 4) is 0 Å². The first-order chi connectivity index (χ1) is 8.79. The summed E-state index contributed by atoms with van der Waals surface area (Å²) in [6, 6.07) is 4.43. The number of rotatable bonds is 2. The fraction of sp³-hybridized carbons (Fsp3) is 0.500. The van der Waals surface area contributed by atoms with Crippen LogP contribution in [0.3, 0.4) is 0 Å². The highest BCUT2D eigenvalue weighted by molar-refractivity contribution is 7.89. The Balaban J connectivity index is 2.27. The molecule has 0 amide bonds. The minimum atomic E-state index is -3.74. The molecule has 1 heterocycles. The van der Waals surface area contributed by atoms with Gasteiger partial charge in [0.15, 0.2) is 0 Å². The van der Waals surface area contributed by atoms with Crippen LogP contribution in [0.5, 0.6) is 0 Å². The number of benzene rings is 1. The van der Waals surface area contributed by atoms with Gasteiger partial charge in [0.25, 0.3) is 0 Å². The minimum Gasteiger partial charge on any atom is -0.397 e. The molecule has 0 saturated carbocycles. The molecule has 6 nitrogen and oxygen atoms in total. The van der Waals surface area contributed by atoms with Crippen molar-refractivity contribution in [3.63, 3.8) is 0 Å². The number of sulfonamides is 1. The van der Waals surface area contributed by atoms with Gasteiger partial charge >= 0.3 is 0 Å². The molecular weight excluding hydrogens is 266 g/mol. The number of nitrogens with two attached hydrogens (primary N) is 2. The lowest BCUT2D eigenvalue weighted by Gasteiger charge is -2.36. The summed E-state index contributed by atoms with van der Waals surface area (Å²) in [6.45, 7) is 3.30. The minimum absolute atomic E-state index is 0.000300. The molecule has 2 unspecified atom stereocenters. The normalized spacial score (nSPS) is 24.5. The molecule has 0 bridgehead atoms. The second-order valence-corrected chi connectivity index (χ2v) is 6.61. The van der Waals surface area contributed by atoms with Gasteiger partial charge in [-0.1, -0.05) is 6.92 Å². The summed E-state index contributed by atoms with van der Waals surface area (Å²) in [7, 11) is -3.74. The van der Waals surface area contributed by atoms with Crippen LogP contribution in [0.2, 0.25) is 0 Å². The Labute approximate surface area is 113 Å². The van der Waals surface area contributed by atoms with Crippen molar-refractivity contribution < 1.29 is 13.5 Å². The van der Waals surface area contributed by atoms with Crippen molar-refractivity contribution in [1.29, 1.82) is 0 Å². The Morgan fingerprint density at radius 1 is 1.42 bits per heavy atom. The molecule has 1 aromatic carbocycles. The van der Waals surface area contributed by atoms with Crippen molar-refractivity contribution in [1.82, 2.24) is 0 Å². The second kappa shape index (κ2) is 4.99. The third-order valence-corrected chi connectivity index (χ3v) is 4.50. The standard InChI is InChI=1S/C12H19N3O3S/c1-8-4-5-15(7-12(8)16)11-3-2-9(6-10(11)13)19(14,17)18/h2-3,6,8,12,16H,4-5,7,13H2,1H3,(H2,14,17,18). The third-order valence-electron chi connectivity index (χ3n) is 3.59. The van der Waals surface area contributed by atoms with E-state index in [0.717, 1.165) is 18.7 Å². The number of nitrogens with zero attached hydrogens (tertiary/aromatic N) is 1. The number of anilines is 2. The number of aliphatic hydroxyl groups is 1. The summed E-state index contributed by atoms with van der Waals surface area (Å²) in [4.78, 5) is 1.96. The Hall–Kier alpha value is -1.31. The molecule has 0 aromatic heterocycles. The molecule has 1 aromatic rings. The van der Waals surface area contributed by atoms with Crippen LogP contribution >= 0.6 is 0 Å². The SMILES string of the molecule is CC1CCN(c2ccc(S(N)(=O)=O)cc2N)CC1O. The highest BCUT2D eigenvalue weighted by Crippen LogP contribution is 2.29. The van der Waals surface area contributed by atoms with E-state index in [9.17, 15) is 13.5 Å². The molecule has 1 aliphatic heterocycles. The van der Waals surface area contributed by atoms with Crippen LogP contribution in [-0.4, -0.2) is 32.7 Å². The first kappa shape index (κ1) is 14.1. The summed E-state index contributed by atoms with van der Waals surface area (Å²) < 4.78 is 22.5. The van der Waals surface area contributed by atoms with E-state index in [1.807, 2.05) is 11.8 Å². The zero-order valence-electron chi connectivity index (χ0n) is 10.8. The molecule has 2 atom stereocenters. The van der Waals surface area contributed by atoms with Gasteiger partial charge in [-0.2, -0.15) is 0 Å². The summed E-state index contributed by atoms with van der Waals surface area (Å²) in [5, 5.41) is 14.9. The maximum Gasteiger partial charge on any atom is 0.238 e. The fourth-order valence-electron chi connectivity index (χ4n) is 2.27. The van der Waals surface area contributed by atoms with Crippen LogP contribution in [0.15, 0.2) is 23.1 Å². The quantitative estimate of drug-likeness (QED) is 0.669. The van der Waals surface area contributed by atoms with Gasteiger partial charge in [0.1, 0.15) is 0 Å². The lowest BCUT2D eigenvalue weighted by Crippen LogP contribution is -2.43. The van der Waals surface area contributed by atoms with Gasteiger partial charge in [-0.25, -0.2) is 13.6 Å². The van der Waals surface area contributed by atoms with Gasteiger partial charge < -0.3 is 15.7 Å². The number of hydrogen-bond acceptors (Lipinski definition) is 5. The van der Waals surface area contributed by atoms with E-state index in [0.29, 0.717) is 12.2 Å². The molecule has 7 heteroatoms. The Kier molecular flexibility index (Phi) is 3.71. The number of hydrogen-bond donors (Lipinski definition) is 3. The van der Waals surface area contributed by atoms with Gasteiger partial charge in [0.05, 0.1) is 22.4 Å². The Morgan fingerprint density at radius 2 is 2.11 bits per heavy atom. The fourth-order valence-corrected chi connectivity index (χ4v) is 2.81. The molecule has 2 rings (SSSR count). The predicted molar refractivity (Wildman–Crippen MR) is 74.2 cm³/mol. The number of β-amino-alcohol motifs (C(OH)–C–C–N with tert-alkyl or cyclic N) is 1. The molecule has 1 aliphatic rings. The predicted octanol–water partition coefficient (Wildman–Crippen LogP) is 0.123. The number of aliphatic hydroxyl groups excluding tert-OH is 1. The Morgan fingerprint density at radius 3 is 2.63 bits per heavy atom. The highest BCUT2D eigenvalue weighted by Gasteiger charge is 2.25. The lowest BCUT2D eigenvalue weighted by atomic mass is 9.95.